The van der Waals surface area contributed by atoms with E-state index in [1.54, 1.807) is 11.1 Å². The second-order valence-electron chi connectivity index (χ2n) is 7.72. The topological polar surface area (TPSA) is 12.0 Å². The molecule has 1 fully saturated rings. The van der Waals surface area contributed by atoms with Crippen molar-refractivity contribution in [1.29, 1.82) is 0 Å². The number of hydrogen-bond acceptors (Lipinski definition) is 1. The maximum atomic E-state index is 6.52. The van der Waals surface area contributed by atoms with Gasteiger partial charge in [-0.05, 0) is 80.2 Å². The summed E-state index contributed by atoms with van der Waals surface area (Å²) in [6.45, 7) is 0. The van der Waals surface area contributed by atoms with Crippen molar-refractivity contribution in [2.24, 2.45) is 0 Å². The van der Waals surface area contributed by atoms with Crippen molar-refractivity contribution in [3.63, 3.8) is 0 Å². The van der Waals surface area contributed by atoms with E-state index in [0.717, 1.165) is 5.02 Å². The fraction of sp³-hybridized carbons (Fsp3) is 0.524. The Morgan fingerprint density at radius 3 is 2.52 bits per heavy atom. The minimum Gasteiger partial charge on any atom is -0.375 e. The fourth-order valence-corrected chi connectivity index (χ4v) is 5.66. The zero-order valence-corrected chi connectivity index (χ0v) is 14.4. The van der Waals surface area contributed by atoms with Gasteiger partial charge in [0.05, 0.1) is 11.2 Å². The molecule has 1 aliphatic heterocycles. The van der Waals surface area contributed by atoms with Crippen LogP contribution in [0.2, 0.25) is 5.02 Å². The van der Waals surface area contributed by atoms with Crippen LogP contribution in [-0.2, 0) is 0 Å². The highest BCUT2D eigenvalue weighted by molar-refractivity contribution is 6.31. The summed E-state index contributed by atoms with van der Waals surface area (Å²) in [5.41, 5.74) is 9.30. The molecule has 1 heterocycles. The van der Waals surface area contributed by atoms with E-state index >= 15 is 0 Å². The lowest BCUT2D eigenvalue weighted by atomic mass is 9.78. The third kappa shape index (κ3) is 2.05. The monoisotopic (exact) mass is 325 g/mol. The Hall–Kier alpha value is -1.21. The highest BCUT2D eigenvalue weighted by atomic mass is 35.5. The maximum Gasteiger partial charge on any atom is 0.0591 e. The first-order chi connectivity index (χ1) is 11.3. The van der Waals surface area contributed by atoms with Crippen LogP contribution in [0.1, 0.15) is 75.3 Å². The smallest absolute Gasteiger partial charge is 0.0591 e. The third-order valence-electron chi connectivity index (χ3n) is 6.43. The van der Waals surface area contributed by atoms with Gasteiger partial charge in [0.15, 0.2) is 0 Å². The standard InChI is InChI=1S/C21H24ClN/c22-15-12-17(14-6-1-2-7-14)20-18(13-15)16-8-5-9-19(16)21(23-20)10-3-4-11-21/h6,12-13,23H,1-5,7-11H2. The molecule has 23 heavy (non-hydrogen) atoms. The Bertz CT molecular complexity index is 734. The van der Waals surface area contributed by atoms with Gasteiger partial charge in [-0.2, -0.15) is 0 Å². The van der Waals surface area contributed by atoms with Gasteiger partial charge in [0.2, 0.25) is 0 Å². The van der Waals surface area contributed by atoms with Gasteiger partial charge in [-0.25, -0.2) is 0 Å². The van der Waals surface area contributed by atoms with Crippen molar-refractivity contribution in [2.45, 2.75) is 69.7 Å². The highest BCUT2D eigenvalue weighted by Crippen LogP contribution is 2.54. The van der Waals surface area contributed by atoms with Crippen LogP contribution in [0.25, 0.3) is 11.1 Å². The minimum atomic E-state index is 0.264. The molecule has 1 saturated carbocycles. The lowest BCUT2D eigenvalue weighted by Crippen LogP contribution is -2.40. The molecule has 1 spiro atoms. The molecule has 2 heteroatoms. The van der Waals surface area contributed by atoms with Crippen molar-refractivity contribution in [3.8, 4) is 0 Å². The van der Waals surface area contributed by atoms with Gasteiger partial charge in [0.1, 0.15) is 0 Å². The summed E-state index contributed by atoms with van der Waals surface area (Å²) in [7, 11) is 0. The van der Waals surface area contributed by atoms with Crippen molar-refractivity contribution in [2.75, 3.05) is 5.32 Å². The van der Waals surface area contributed by atoms with Gasteiger partial charge in [0, 0.05) is 16.1 Å². The first-order valence-corrected chi connectivity index (χ1v) is 9.69. The van der Waals surface area contributed by atoms with Crippen molar-refractivity contribution in [3.05, 3.63) is 39.9 Å². The molecule has 120 valence electrons. The molecule has 1 aromatic carbocycles. The van der Waals surface area contributed by atoms with Crippen LogP contribution in [0.3, 0.4) is 0 Å². The van der Waals surface area contributed by atoms with Gasteiger partial charge in [-0.1, -0.05) is 30.5 Å². The molecule has 0 bridgehead atoms. The lowest BCUT2D eigenvalue weighted by Gasteiger charge is -2.40. The number of hydrogen-bond donors (Lipinski definition) is 1. The second kappa shape index (κ2) is 5.14. The molecule has 1 nitrogen and oxygen atoms in total. The van der Waals surface area contributed by atoms with E-state index in [9.17, 15) is 0 Å². The van der Waals surface area contributed by atoms with Crippen LogP contribution in [0, 0.1) is 0 Å². The Balaban J connectivity index is 1.73. The summed E-state index contributed by atoms with van der Waals surface area (Å²) in [6.07, 6.45) is 15.3. The van der Waals surface area contributed by atoms with Crippen LogP contribution in [0.4, 0.5) is 5.69 Å². The van der Waals surface area contributed by atoms with E-state index < -0.39 is 0 Å². The Labute approximate surface area is 143 Å². The number of nitrogens with one attached hydrogen (secondary N) is 1. The fourth-order valence-electron chi connectivity index (χ4n) is 5.44. The molecule has 0 saturated heterocycles. The molecule has 0 atom stereocenters. The highest BCUT2D eigenvalue weighted by Gasteiger charge is 2.44. The molecule has 0 amide bonds. The number of allylic oxidation sites excluding steroid dienone is 3. The van der Waals surface area contributed by atoms with Crippen molar-refractivity contribution >= 4 is 28.4 Å². The molecule has 1 N–H and O–H groups in total. The number of anilines is 1. The number of halogens is 1. The van der Waals surface area contributed by atoms with Crippen LogP contribution in [0.5, 0.6) is 0 Å². The average Bonchev–Trinajstić information content (AvgIpc) is 3.30. The SMILES string of the molecule is Clc1cc(C2=CCCC2)c2c(c1)C1=C(CCC1)C1(CCCC1)N2. The van der Waals surface area contributed by atoms with E-state index in [1.165, 1.54) is 86.6 Å². The van der Waals surface area contributed by atoms with Gasteiger partial charge in [-0.3, -0.25) is 0 Å². The van der Waals surface area contributed by atoms with Crippen LogP contribution >= 0.6 is 11.6 Å². The zero-order chi connectivity index (χ0) is 15.4. The summed E-state index contributed by atoms with van der Waals surface area (Å²) < 4.78 is 0. The first kappa shape index (κ1) is 14.2. The normalized spacial score (nSPS) is 24.7. The summed E-state index contributed by atoms with van der Waals surface area (Å²) >= 11 is 6.52. The van der Waals surface area contributed by atoms with Crippen molar-refractivity contribution in [1.82, 2.24) is 0 Å². The van der Waals surface area contributed by atoms with E-state index in [4.69, 9.17) is 11.6 Å². The number of rotatable bonds is 1. The quantitative estimate of drug-likeness (QED) is 0.614. The molecule has 3 aliphatic carbocycles. The van der Waals surface area contributed by atoms with Gasteiger partial charge >= 0.3 is 0 Å². The van der Waals surface area contributed by atoms with E-state index in [2.05, 4.69) is 23.5 Å². The van der Waals surface area contributed by atoms with Gasteiger partial charge < -0.3 is 5.32 Å². The molecular formula is C21H24ClN. The molecule has 0 radical (unpaired) electrons. The zero-order valence-electron chi connectivity index (χ0n) is 13.7. The second-order valence-corrected chi connectivity index (χ2v) is 8.16. The van der Waals surface area contributed by atoms with Crippen LogP contribution in [-0.4, -0.2) is 5.54 Å². The molecule has 4 aliphatic rings. The largest absolute Gasteiger partial charge is 0.375 e. The maximum absolute atomic E-state index is 6.52. The Kier molecular flexibility index (Phi) is 3.17. The molecule has 5 rings (SSSR count). The molecular weight excluding hydrogens is 302 g/mol. The lowest BCUT2D eigenvalue weighted by molar-refractivity contribution is 0.545. The van der Waals surface area contributed by atoms with E-state index in [-0.39, 0.29) is 5.54 Å². The molecule has 0 unspecified atom stereocenters. The predicted octanol–water partition coefficient (Wildman–Crippen LogP) is 6.58. The molecule has 1 aromatic rings. The minimum absolute atomic E-state index is 0.264. The summed E-state index contributed by atoms with van der Waals surface area (Å²) in [5, 5.41) is 4.96. The third-order valence-corrected chi connectivity index (χ3v) is 6.65. The summed E-state index contributed by atoms with van der Waals surface area (Å²) in [4.78, 5) is 0. The number of fused-ring (bicyclic) bond motifs is 3. The van der Waals surface area contributed by atoms with Crippen LogP contribution in [0.15, 0.2) is 23.8 Å². The summed E-state index contributed by atoms with van der Waals surface area (Å²) in [6, 6.07) is 4.42. The van der Waals surface area contributed by atoms with Gasteiger partial charge in [0.25, 0.3) is 0 Å². The molecule has 0 aromatic heterocycles. The van der Waals surface area contributed by atoms with Gasteiger partial charge in [-0.15, -0.1) is 0 Å². The average molecular weight is 326 g/mol. The van der Waals surface area contributed by atoms with E-state index in [0.29, 0.717) is 0 Å². The Morgan fingerprint density at radius 1 is 0.913 bits per heavy atom. The van der Waals surface area contributed by atoms with E-state index in [1.807, 2.05) is 0 Å². The summed E-state index contributed by atoms with van der Waals surface area (Å²) in [5.74, 6) is 0. The number of benzene rings is 1. The predicted molar refractivity (Wildman–Crippen MR) is 98.9 cm³/mol. The Morgan fingerprint density at radius 2 is 1.74 bits per heavy atom. The van der Waals surface area contributed by atoms with Crippen molar-refractivity contribution < 1.29 is 0 Å². The van der Waals surface area contributed by atoms with Crippen LogP contribution < -0.4 is 5.32 Å². The first-order valence-electron chi connectivity index (χ1n) is 9.31.